The lowest BCUT2D eigenvalue weighted by molar-refractivity contribution is -0.139. The largest absolute Gasteiger partial charge is 0.463 e. The van der Waals surface area contributed by atoms with Crippen molar-refractivity contribution >= 4 is 23.5 Å². The normalized spacial score (nSPS) is 16.5. The first-order valence-corrected chi connectivity index (χ1v) is 8.65. The minimum absolute atomic E-state index is 0.0589. The number of allylic oxidation sites excluding steroid dienone is 2. The predicted octanol–water partition coefficient (Wildman–Crippen LogP) is 3.16. The fourth-order valence-corrected chi connectivity index (χ4v) is 3.04. The number of nitriles is 1. The van der Waals surface area contributed by atoms with Crippen LogP contribution >= 0.6 is 11.6 Å². The third kappa shape index (κ3) is 4.07. The monoisotopic (exact) mass is 390 g/mol. The highest BCUT2D eigenvalue weighted by atomic mass is 35.5. The Morgan fingerprint density at radius 3 is 2.44 bits per heavy atom. The zero-order valence-corrected chi connectivity index (χ0v) is 15.9. The van der Waals surface area contributed by atoms with Crippen molar-refractivity contribution in [2.75, 3.05) is 13.2 Å². The molecule has 0 radical (unpaired) electrons. The molecule has 0 amide bonds. The van der Waals surface area contributed by atoms with Gasteiger partial charge in [0, 0.05) is 0 Å². The van der Waals surface area contributed by atoms with E-state index in [9.17, 15) is 14.9 Å². The number of halogens is 1. The molecule has 1 aliphatic heterocycles. The standard InChI is InChI=1S/C19H19ClN2O5/c1-4-25-18(23)12-7-6-11(8-14(12)20)16-13(9-21)17(22)27-10(3)15(16)19(24)26-5-2/h6-8,16H,4-5,22H2,1-3H3. The number of hydrogen-bond donors (Lipinski definition) is 1. The summed E-state index contributed by atoms with van der Waals surface area (Å²) in [6.07, 6.45) is 0. The number of hydrogen-bond acceptors (Lipinski definition) is 7. The Labute approximate surface area is 161 Å². The molecule has 0 saturated heterocycles. The zero-order chi connectivity index (χ0) is 20.1. The van der Waals surface area contributed by atoms with Crippen molar-refractivity contribution in [2.45, 2.75) is 26.7 Å². The van der Waals surface area contributed by atoms with Crippen LogP contribution in [0.5, 0.6) is 0 Å². The number of rotatable bonds is 5. The summed E-state index contributed by atoms with van der Waals surface area (Å²) in [6.45, 7) is 5.30. The summed E-state index contributed by atoms with van der Waals surface area (Å²) < 4.78 is 15.4. The molecule has 0 saturated carbocycles. The van der Waals surface area contributed by atoms with Gasteiger partial charge in [0.25, 0.3) is 0 Å². The second-order valence-corrected chi connectivity index (χ2v) is 5.98. The van der Waals surface area contributed by atoms with E-state index in [4.69, 9.17) is 31.5 Å². The molecule has 0 fully saturated rings. The van der Waals surface area contributed by atoms with Crippen LogP contribution in [0.4, 0.5) is 0 Å². The summed E-state index contributed by atoms with van der Waals surface area (Å²) in [7, 11) is 0. The van der Waals surface area contributed by atoms with Crippen LogP contribution in [0.2, 0.25) is 5.02 Å². The first-order valence-electron chi connectivity index (χ1n) is 8.27. The second kappa shape index (κ2) is 8.60. The highest BCUT2D eigenvalue weighted by Crippen LogP contribution is 2.40. The molecule has 142 valence electrons. The molecule has 1 heterocycles. The molecular weight excluding hydrogens is 372 g/mol. The third-order valence-corrected chi connectivity index (χ3v) is 4.24. The van der Waals surface area contributed by atoms with Crippen LogP contribution in [0, 0.1) is 11.3 Å². The van der Waals surface area contributed by atoms with E-state index in [1.807, 2.05) is 6.07 Å². The van der Waals surface area contributed by atoms with E-state index >= 15 is 0 Å². The van der Waals surface area contributed by atoms with Crippen LogP contribution < -0.4 is 5.73 Å². The topological polar surface area (TPSA) is 112 Å². The highest BCUT2D eigenvalue weighted by molar-refractivity contribution is 6.33. The van der Waals surface area contributed by atoms with Gasteiger partial charge >= 0.3 is 11.9 Å². The molecule has 2 N–H and O–H groups in total. The Kier molecular flexibility index (Phi) is 6.48. The summed E-state index contributed by atoms with van der Waals surface area (Å²) in [5, 5.41) is 9.67. The fraction of sp³-hybridized carbons (Fsp3) is 0.316. The van der Waals surface area contributed by atoms with Crippen LogP contribution in [0.25, 0.3) is 0 Å². The molecule has 1 unspecified atom stereocenters. The van der Waals surface area contributed by atoms with E-state index in [2.05, 4.69) is 0 Å². The lowest BCUT2D eigenvalue weighted by atomic mass is 9.83. The van der Waals surface area contributed by atoms with Crippen LogP contribution in [-0.2, 0) is 19.0 Å². The first-order chi connectivity index (χ1) is 12.8. The van der Waals surface area contributed by atoms with Gasteiger partial charge in [-0.15, -0.1) is 0 Å². The molecule has 27 heavy (non-hydrogen) atoms. The van der Waals surface area contributed by atoms with Crippen molar-refractivity contribution in [1.29, 1.82) is 5.26 Å². The molecule has 8 heteroatoms. The van der Waals surface area contributed by atoms with E-state index < -0.39 is 17.9 Å². The lowest BCUT2D eigenvalue weighted by Crippen LogP contribution is -2.25. The molecule has 1 aromatic rings. The Morgan fingerprint density at radius 1 is 1.26 bits per heavy atom. The van der Waals surface area contributed by atoms with Gasteiger partial charge in [0.15, 0.2) is 0 Å². The van der Waals surface area contributed by atoms with Crippen molar-refractivity contribution in [3.05, 3.63) is 57.1 Å². The summed E-state index contributed by atoms with van der Waals surface area (Å²) in [5.41, 5.74) is 6.74. The van der Waals surface area contributed by atoms with Gasteiger partial charge in [-0.25, -0.2) is 9.59 Å². The minimum atomic E-state index is -0.823. The van der Waals surface area contributed by atoms with Gasteiger partial charge in [-0.05, 0) is 38.5 Å². The van der Waals surface area contributed by atoms with E-state index in [0.717, 1.165) is 0 Å². The molecule has 0 spiro atoms. The quantitative estimate of drug-likeness (QED) is 0.768. The Balaban J connectivity index is 2.58. The van der Waals surface area contributed by atoms with Crippen LogP contribution in [0.1, 0.15) is 42.6 Å². The minimum Gasteiger partial charge on any atom is -0.463 e. The summed E-state index contributed by atoms with van der Waals surface area (Å²) in [6, 6.07) is 6.55. The van der Waals surface area contributed by atoms with Gasteiger partial charge in [-0.3, -0.25) is 0 Å². The van der Waals surface area contributed by atoms with E-state index in [0.29, 0.717) is 5.56 Å². The van der Waals surface area contributed by atoms with Gasteiger partial charge in [0.1, 0.15) is 17.4 Å². The average molecular weight is 391 g/mol. The SMILES string of the molecule is CCOC(=O)C1=C(C)OC(N)=C(C#N)C1c1ccc(C(=O)OCC)c(Cl)c1. The van der Waals surface area contributed by atoms with Crippen molar-refractivity contribution in [1.82, 2.24) is 0 Å². The predicted molar refractivity (Wildman–Crippen MR) is 97.4 cm³/mol. The number of nitrogens with zero attached hydrogens (tertiary/aromatic N) is 1. The van der Waals surface area contributed by atoms with Crippen molar-refractivity contribution in [3.8, 4) is 6.07 Å². The summed E-state index contributed by atoms with van der Waals surface area (Å²) in [4.78, 5) is 24.4. The number of carbonyl (C=O) groups excluding carboxylic acids is 2. The molecular formula is C19H19ClN2O5. The summed E-state index contributed by atoms with van der Waals surface area (Å²) in [5.74, 6) is -1.87. The van der Waals surface area contributed by atoms with Gasteiger partial charge in [0.2, 0.25) is 5.88 Å². The Bertz CT molecular complexity index is 883. The van der Waals surface area contributed by atoms with Gasteiger partial charge in [-0.1, -0.05) is 17.7 Å². The maximum absolute atomic E-state index is 12.5. The number of nitrogens with two attached hydrogens (primary N) is 1. The number of ether oxygens (including phenoxy) is 3. The van der Waals surface area contributed by atoms with Crippen LogP contribution in [0.3, 0.4) is 0 Å². The highest BCUT2D eigenvalue weighted by Gasteiger charge is 2.36. The molecule has 0 aromatic heterocycles. The van der Waals surface area contributed by atoms with Gasteiger partial charge < -0.3 is 19.9 Å². The lowest BCUT2D eigenvalue weighted by Gasteiger charge is -2.27. The molecule has 2 rings (SSSR count). The first kappa shape index (κ1) is 20.3. The molecule has 1 aromatic carbocycles. The van der Waals surface area contributed by atoms with Crippen molar-refractivity contribution in [2.24, 2.45) is 5.73 Å². The maximum Gasteiger partial charge on any atom is 0.339 e. The van der Waals surface area contributed by atoms with Crippen molar-refractivity contribution in [3.63, 3.8) is 0 Å². The zero-order valence-electron chi connectivity index (χ0n) is 15.2. The molecule has 1 aliphatic rings. The van der Waals surface area contributed by atoms with E-state index in [1.54, 1.807) is 26.8 Å². The molecule has 7 nitrogen and oxygen atoms in total. The van der Waals surface area contributed by atoms with Gasteiger partial charge in [0.05, 0.1) is 35.3 Å². The second-order valence-electron chi connectivity index (χ2n) is 5.57. The third-order valence-electron chi connectivity index (χ3n) is 3.92. The summed E-state index contributed by atoms with van der Waals surface area (Å²) >= 11 is 6.24. The Hall–Kier alpha value is -2.98. The van der Waals surface area contributed by atoms with Crippen LogP contribution in [0.15, 0.2) is 41.0 Å². The number of esters is 2. The van der Waals surface area contributed by atoms with Crippen molar-refractivity contribution < 1.29 is 23.8 Å². The number of carbonyl (C=O) groups is 2. The molecule has 0 bridgehead atoms. The fourth-order valence-electron chi connectivity index (χ4n) is 2.77. The van der Waals surface area contributed by atoms with E-state index in [-0.39, 0.29) is 46.6 Å². The Morgan fingerprint density at radius 2 is 1.89 bits per heavy atom. The van der Waals surface area contributed by atoms with E-state index in [1.165, 1.54) is 12.1 Å². The average Bonchev–Trinajstić information content (AvgIpc) is 2.61. The van der Waals surface area contributed by atoms with Gasteiger partial charge in [-0.2, -0.15) is 5.26 Å². The van der Waals surface area contributed by atoms with Crippen LogP contribution in [-0.4, -0.2) is 25.2 Å². The maximum atomic E-state index is 12.5. The number of benzene rings is 1. The smallest absolute Gasteiger partial charge is 0.339 e. The molecule has 1 atom stereocenters. The molecule has 0 aliphatic carbocycles.